The van der Waals surface area contributed by atoms with Crippen molar-refractivity contribution in [2.45, 2.75) is 45.3 Å². The minimum absolute atomic E-state index is 0.0292. The molecule has 2 rings (SSSR count). The number of hydrogen-bond donors (Lipinski definition) is 1. The van der Waals surface area contributed by atoms with Crippen LogP contribution < -0.4 is 5.46 Å². The van der Waals surface area contributed by atoms with E-state index in [4.69, 9.17) is 14.6 Å². The van der Waals surface area contributed by atoms with Crippen molar-refractivity contribution in [2.75, 3.05) is 6.61 Å². The molecule has 1 aliphatic rings. The number of hydrogen-bond acceptors (Lipinski definition) is 4. The van der Waals surface area contributed by atoms with Crippen LogP contribution in [0.1, 0.15) is 38.8 Å². The molecule has 0 atom stereocenters. The number of aliphatic hydroxyl groups is 1. The summed E-state index contributed by atoms with van der Waals surface area (Å²) in [6.07, 6.45) is 0.481. The largest absolute Gasteiger partial charge is 0.495 e. The Morgan fingerprint density at radius 1 is 1.20 bits per heavy atom. The zero-order valence-electron chi connectivity index (χ0n) is 12.4. The van der Waals surface area contributed by atoms with Gasteiger partial charge >= 0.3 is 7.12 Å². The Kier molecular flexibility index (Phi) is 3.92. The van der Waals surface area contributed by atoms with Gasteiger partial charge in [-0.2, -0.15) is 5.26 Å². The van der Waals surface area contributed by atoms with E-state index in [-0.39, 0.29) is 6.61 Å². The van der Waals surface area contributed by atoms with Gasteiger partial charge in [0, 0.05) is 6.61 Å². The lowest BCUT2D eigenvalue weighted by molar-refractivity contribution is 0.00578. The second-order valence-electron chi connectivity index (χ2n) is 6.09. The predicted octanol–water partition coefficient (Wildman–Crippen LogP) is 1.39. The summed E-state index contributed by atoms with van der Waals surface area (Å²) in [5, 5.41) is 18.2. The minimum atomic E-state index is -0.464. The molecular weight excluding hydrogens is 253 g/mol. The quantitative estimate of drug-likeness (QED) is 0.845. The molecule has 20 heavy (non-hydrogen) atoms. The molecule has 1 saturated heterocycles. The molecule has 1 fully saturated rings. The van der Waals surface area contributed by atoms with Gasteiger partial charge in [0.2, 0.25) is 0 Å². The summed E-state index contributed by atoms with van der Waals surface area (Å²) < 4.78 is 12.0. The third kappa shape index (κ3) is 2.60. The molecule has 106 valence electrons. The first-order chi connectivity index (χ1) is 9.30. The maximum Gasteiger partial charge on any atom is 0.495 e. The lowest BCUT2D eigenvalue weighted by Gasteiger charge is -2.32. The van der Waals surface area contributed by atoms with Crippen LogP contribution in [0, 0.1) is 11.3 Å². The van der Waals surface area contributed by atoms with E-state index in [2.05, 4.69) is 6.07 Å². The lowest BCUT2D eigenvalue weighted by atomic mass is 9.75. The van der Waals surface area contributed by atoms with Gasteiger partial charge in [0.25, 0.3) is 0 Å². The van der Waals surface area contributed by atoms with E-state index in [0.29, 0.717) is 12.0 Å². The van der Waals surface area contributed by atoms with E-state index in [1.54, 1.807) is 12.1 Å². The molecule has 1 heterocycles. The van der Waals surface area contributed by atoms with Gasteiger partial charge in [-0.15, -0.1) is 0 Å². The average molecular weight is 273 g/mol. The van der Waals surface area contributed by atoms with Crippen molar-refractivity contribution in [3.05, 3.63) is 29.3 Å². The standard InChI is InChI=1S/C15H20BNO3/c1-14(2)15(3,4)20-16(19-14)13-6-5-11(10-17)9-12(13)7-8-18/h5-6,9,18H,7-8H2,1-4H3. The topological polar surface area (TPSA) is 62.5 Å². The fourth-order valence-corrected chi connectivity index (χ4v) is 2.21. The van der Waals surface area contributed by atoms with Crippen LogP contribution in [0.4, 0.5) is 0 Å². The molecule has 0 aromatic heterocycles. The van der Waals surface area contributed by atoms with E-state index >= 15 is 0 Å². The van der Waals surface area contributed by atoms with Crippen molar-refractivity contribution in [3.8, 4) is 6.07 Å². The average Bonchev–Trinajstić information content (AvgIpc) is 2.58. The Bertz CT molecular complexity index is 533. The number of nitrogens with zero attached hydrogens (tertiary/aromatic N) is 1. The highest BCUT2D eigenvalue weighted by atomic mass is 16.7. The molecule has 0 aliphatic carbocycles. The smallest absolute Gasteiger partial charge is 0.399 e. The van der Waals surface area contributed by atoms with Gasteiger partial charge in [-0.1, -0.05) is 6.07 Å². The highest BCUT2D eigenvalue weighted by Crippen LogP contribution is 2.36. The van der Waals surface area contributed by atoms with Gasteiger partial charge in [0.15, 0.2) is 0 Å². The molecule has 1 aliphatic heterocycles. The Morgan fingerprint density at radius 2 is 1.80 bits per heavy atom. The summed E-state index contributed by atoms with van der Waals surface area (Å²) in [7, 11) is -0.464. The lowest BCUT2D eigenvalue weighted by Crippen LogP contribution is -2.41. The molecule has 4 nitrogen and oxygen atoms in total. The maximum absolute atomic E-state index is 9.19. The predicted molar refractivity (Wildman–Crippen MR) is 77.7 cm³/mol. The SMILES string of the molecule is CC1(C)OB(c2ccc(C#N)cc2CCO)OC1(C)C. The maximum atomic E-state index is 9.19. The molecular formula is C15H20BNO3. The number of nitriles is 1. The summed E-state index contributed by atoms with van der Waals surface area (Å²) in [5.74, 6) is 0. The molecule has 0 bridgehead atoms. The van der Waals surface area contributed by atoms with Gasteiger partial charge < -0.3 is 14.4 Å². The Hall–Kier alpha value is -1.35. The Labute approximate surface area is 120 Å². The van der Waals surface area contributed by atoms with Gasteiger partial charge in [0.05, 0.1) is 22.8 Å². The van der Waals surface area contributed by atoms with Gasteiger partial charge in [-0.3, -0.25) is 0 Å². The van der Waals surface area contributed by atoms with Crippen molar-refractivity contribution in [2.24, 2.45) is 0 Å². The normalized spacial score (nSPS) is 19.9. The third-order valence-corrected chi connectivity index (χ3v) is 4.16. The zero-order valence-corrected chi connectivity index (χ0v) is 12.4. The van der Waals surface area contributed by atoms with Crippen LogP contribution in [-0.4, -0.2) is 30.0 Å². The Balaban J connectivity index is 2.37. The van der Waals surface area contributed by atoms with Crippen LogP contribution in [0.25, 0.3) is 0 Å². The summed E-state index contributed by atoms with van der Waals surface area (Å²) in [4.78, 5) is 0. The molecule has 5 heteroatoms. The monoisotopic (exact) mass is 273 g/mol. The second-order valence-corrected chi connectivity index (χ2v) is 6.09. The molecule has 0 radical (unpaired) electrons. The van der Waals surface area contributed by atoms with E-state index in [1.807, 2.05) is 33.8 Å². The van der Waals surface area contributed by atoms with E-state index in [0.717, 1.165) is 11.0 Å². The van der Waals surface area contributed by atoms with Crippen LogP contribution in [0.3, 0.4) is 0 Å². The van der Waals surface area contributed by atoms with Crippen LogP contribution in [0.5, 0.6) is 0 Å². The van der Waals surface area contributed by atoms with Crippen molar-refractivity contribution < 1.29 is 14.4 Å². The fourth-order valence-electron chi connectivity index (χ4n) is 2.21. The second kappa shape index (κ2) is 5.21. The van der Waals surface area contributed by atoms with Crippen LogP contribution in [0.15, 0.2) is 18.2 Å². The minimum Gasteiger partial charge on any atom is -0.399 e. The fraction of sp³-hybridized carbons (Fsp3) is 0.533. The molecule has 0 saturated carbocycles. The Morgan fingerprint density at radius 3 is 2.30 bits per heavy atom. The first-order valence-corrected chi connectivity index (χ1v) is 6.80. The van der Waals surface area contributed by atoms with Crippen LogP contribution >= 0.6 is 0 Å². The third-order valence-electron chi connectivity index (χ3n) is 4.16. The van der Waals surface area contributed by atoms with E-state index < -0.39 is 18.3 Å². The number of benzene rings is 1. The van der Waals surface area contributed by atoms with Crippen molar-refractivity contribution in [1.29, 1.82) is 5.26 Å². The van der Waals surface area contributed by atoms with Gasteiger partial charge in [-0.05, 0) is 57.3 Å². The molecule has 0 amide bonds. The summed E-state index contributed by atoms with van der Waals surface area (Å²) >= 11 is 0. The zero-order chi connectivity index (χ0) is 15.0. The number of rotatable bonds is 3. The van der Waals surface area contributed by atoms with Crippen LogP contribution in [-0.2, 0) is 15.7 Å². The molecule has 1 aromatic rings. The molecule has 0 unspecified atom stereocenters. The van der Waals surface area contributed by atoms with Gasteiger partial charge in [-0.25, -0.2) is 0 Å². The molecule has 1 aromatic carbocycles. The summed E-state index contributed by atoms with van der Waals surface area (Å²) in [6, 6.07) is 7.51. The molecule has 1 N–H and O–H groups in total. The molecule has 0 spiro atoms. The number of aliphatic hydroxyl groups excluding tert-OH is 1. The van der Waals surface area contributed by atoms with Crippen molar-refractivity contribution in [1.82, 2.24) is 0 Å². The van der Waals surface area contributed by atoms with Gasteiger partial charge in [0.1, 0.15) is 0 Å². The van der Waals surface area contributed by atoms with Crippen molar-refractivity contribution in [3.63, 3.8) is 0 Å². The van der Waals surface area contributed by atoms with Crippen molar-refractivity contribution >= 4 is 12.6 Å². The van der Waals surface area contributed by atoms with E-state index in [1.165, 1.54) is 0 Å². The first-order valence-electron chi connectivity index (χ1n) is 6.80. The summed E-state index contributed by atoms with van der Waals surface area (Å²) in [6.45, 7) is 8.04. The highest BCUT2D eigenvalue weighted by Gasteiger charge is 2.52. The van der Waals surface area contributed by atoms with Crippen LogP contribution in [0.2, 0.25) is 0 Å². The van der Waals surface area contributed by atoms with E-state index in [9.17, 15) is 5.11 Å². The first kappa shape index (κ1) is 15.1. The summed E-state index contributed by atoms with van der Waals surface area (Å²) in [5.41, 5.74) is 1.56. The highest BCUT2D eigenvalue weighted by molar-refractivity contribution is 6.62.